The van der Waals surface area contributed by atoms with Crippen molar-refractivity contribution in [2.45, 2.75) is 38.6 Å². The summed E-state index contributed by atoms with van der Waals surface area (Å²) in [6.07, 6.45) is 1.84. The fraction of sp³-hybridized carbons (Fsp3) is 0.267. The van der Waals surface area contributed by atoms with E-state index in [1.807, 2.05) is 62.5 Å². The van der Waals surface area contributed by atoms with Gasteiger partial charge in [-0.25, -0.2) is 13.4 Å². The number of hydrogen-bond acceptors (Lipinski definition) is 6. The Bertz CT molecular complexity index is 1590. The molecular weight excluding hydrogens is 528 g/mol. The van der Waals surface area contributed by atoms with E-state index >= 15 is 0 Å². The van der Waals surface area contributed by atoms with Crippen LogP contribution in [0.1, 0.15) is 25.0 Å². The standard InChI is InChI=1S/C30H34N4O5S/c1-20(2)34(40(36,37)27-15-13-26(39-6)14-16-27)19-29(35)32-30-31-28(23-8-11-25(38-5)12-9-23)18-33(30)24-10-7-21(3)22(4)17-24/h7-18,20H,19H2,1-6H3,(H,31,32,35). The Morgan fingerprint density at radius 3 is 2.08 bits per heavy atom. The quantitative estimate of drug-likeness (QED) is 0.285. The summed E-state index contributed by atoms with van der Waals surface area (Å²) in [5, 5.41) is 2.85. The second-order valence-electron chi connectivity index (χ2n) is 9.68. The summed E-state index contributed by atoms with van der Waals surface area (Å²) in [6.45, 7) is 7.12. The van der Waals surface area contributed by atoms with Crippen LogP contribution in [0.4, 0.5) is 5.95 Å². The van der Waals surface area contributed by atoms with Crippen molar-refractivity contribution in [2.75, 3.05) is 26.1 Å². The van der Waals surface area contributed by atoms with E-state index in [-0.39, 0.29) is 17.4 Å². The molecule has 4 rings (SSSR count). The molecule has 0 bridgehead atoms. The van der Waals surface area contributed by atoms with Crippen LogP contribution in [-0.2, 0) is 14.8 Å². The van der Waals surface area contributed by atoms with Crippen molar-refractivity contribution in [3.8, 4) is 28.4 Å². The van der Waals surface area contributed by atoms with Gasteiger partial charge < -0.3 is 9.47 Å². The second-order valence-corrected chi connectivity index (χ2v) is 11.6. The zero-order valence-electron chi connectivity index (χ0n) is 23.5. The fourth-order valence-electron chi connectivity index (χ4n) is 4.18. The van der Waals surface area contributed by atoms with Crippen molar-refractivity contribution in [1.82, 2.24) is 13.9 Å². The molecule has 1 heterocycles. The van der Waals surface area contributed by atoms with Gasteiger partial charge >= 0.3 is 0 Å². The van der Waals surface area contributed by atoms with Crippen molar-refractivity contribution in [3.05, 3.63) is 84.1 Å². The number of sulfonamides is 1. The number of ether oxygens (including phenoxy) is 2. The van der Waals surface area contributed by atoms with Gasteiger partial charge in [-0.3, -0.25) is 14.7 Å². The molecule has 0 atom stereocenters. The molecule has 40 heavy (non-hydrogen) atoms. The van der Waals surface area contributed by atoms with E-state index in [1.54, 1.807) is 37.7 Å². The SMILES string of the molecule is COc1ccc(-c2cn(-c3ccc(C)c(C)c3)c(NC(=O)CN(C(C)C)S(=O)(=O)c3ccc(OC)cc3)n2)cc1. The monoisotopic (exact) mass is 562 g/mol. The Morgan fingerprint density at radius 1 is 0.925 bits per heavy atom. The highest BCUT2D eigenvalue weighted by molar-refractivity contribution is 7.89. The number of carbonyl (C=O) groups is 1. The summed E-state index contributed by atoms with van der Waals surface area (Å²) >= 11 is 0. The summed E-state index contributed by atoms with van der Waals surface area (Å²) in [5.74, 6) is 1.03. The van der Waals surface area contributed by atoms with Gasteiger partial charge in [-0.15, -0.1) is 0 Å². The Morgan fingerprint density at radius 2 is 1.52 bits per heavy atom. The van der Waals surface area contributed by atoms with Crippen molar-refractivity contribution in [3.63, 3.8) is 0 Å². The minimum absolute atomic E-state index is 0.0771. The van der Waals surface area contributed by atoms with E-state index in [4.69, 9.17) is 14.5 Å². The normalized spacial score (nSPS) is 11.6. The first kappa shape index (κ1) is 28.8. The molecule has 4 aromatic rings. The van der Waals surface area contributed by atoms with E-state index in [9.17, 15) is 13.2 Å². The van der Waals surface area contributed by atoms with Gasteiger partial charge in [0.1, 0.15) is 11.5 Å². The minimum atomic E-state index is -3.95. The van der Waals surface area contributed by atoms with Gasteiger partial charge in [0.2, 0.25) is 21.9 Å². The number of aryl methyl sites for hydroxylation is 2. The Kier molecular flexibility index (Phi) is 8.61. The molecule has 0 aliphatic heterocycles. The largest absolute Gasteiger partial charge is 0.497 e. The first-order valence-electron chi connectivity index (χ1n) is 12.8. The molecule has 1 amide bonds. The van der Waals surface area contributed by atoms with Crippen LogP contribution in [0.15, 0.2) is 77.8 Å². The highest BCUT2D eigenvalue weighted by Crippen LogP contribution is 2.27. The van der Waals surface area contributed by atoms with E-state index < -0.39 is 22.0 Å². The van der Waals surface area contributed by atoms with Gasteiger partial charge in [-0.05, 0) is 99.5 Å². The number of hydrogen-bond donors (Lipinski definition) is 1. The van der Waals surface area contributed by atoms with E-state index in [1.165, 1.54) is 19.2 Å². The second kappa shape index (κ2) is 11.9. The minimum Gasteiger partial charge on any atom is -0.497 e. The maximum atomic E-state index is 13.4. The van der Waals surface area contributed by atoms with E-state index in [0.717, 1.165) is 32.4 Å². The lowest BCUT2D eigenvalue weighted by Crippen LogP contribution is -2.42. The zero-order chi connectivity index (χ0) is 29.0. The number of aromatic nitrogens is 2. The molecular formula is C30H34N4O5S. The molecule has 0 fully saturated rings. The smallest absolute Gasteiger partial charge is 0.243 e. The fourth-order valence-corrected chi connectivity index (χ4v) is 5.77. The molecule has 0 saturated carbocycles. The lowest BCUT2D eigenvalue weighted by atomic mass is 10.1. The van der Waals surface area contributed by atoms with Gasteiger partial charge in [0.15, 0.2) is 0 Å². The van der Waals surface area contributed by atoms with Crippen molar-refractivity contribution >= 4 is 21.9 Å². The first-order valence-corrected chi connectivity index (χ1v) is 14.2. The molecule has 0 radical (unpaired) electrons. The Hall–Kier alpha value is -4.15. The molecule has 0 spiro atoms. The predicted octanol–water partition coefficient (Wildman–Crippen LogP) is 5.21. The van der Waals surface area contributed by atoms with Crippen LogP contribution < -0.4 is 14.8 Å². The van der Waals surface area contributed by atoms with E-state index in [2.05, 4.69) is 5.32 Å². The number of benzene rings is 3. The van der Waals surface area contributed by atoms with Crippen LogP contribution in [0.5, 0.6) is 11.5 Å². The summed E-state index contributed by atoms with van der Waals surface area (Å²) in [4.78, 5) is 18.1. The maximum Gasteiger partial charge on any atom is 0.243 e. The summed E-state index contributed by atoms with van der Waals surface area (Å²) in [6, 6.07) is 19.0. The van der Waals surface area contributed by atoms with Crippen molar-refractivity contribution in [2.24, 2.45) is 0 Å². The molecule has 0 saturated heterocycles. The summed E-state index contributed by atoms with van der Waals surface area (Å²) < 4.78 is 40.2. The van der Waals surface area contributed by atoms with Crippen LogP contribution in [0.3, 0.4) is 0 Å². The summed E-state index contributed by atoms with van der Waals surface area (Å²) in [7, 11) is -0.838. The van der Waals surface area contributed by atoms with Gasteiger partial charge in [0.25, 0.3) is 0 Å². The number of imidazole rings is 1. The highest BCUT2D eigenvalue weighted by atomic mass is 32.2. The Labute approximate surface area is 235 Å². The van der Waals surface area contributed by atoms with Crippen LogP contribution in [-0.4, -0.2) is 55.0 Å². The zero-order valence-corrected chi connectivity index (χ0v) is 24.3. The molecule has 1 N–H and O–H groups in total. The molecule has 0 unspecified atom stereocenters. The lowest BCUT2D eigenvalue weighted by Gasteiger charge is -2.25. The number of nitrogens with one attached hydrogen (secondary N) is 1. The third kappa shape index (κ3) is 6.19. The highest BCUT2D eigenvalue weighted by Gasteiger charge is 2.29. The molecule has 0 aliphatic carbocycles. The van der Waals surface area contributed by atoms with Gasteiger partial charge in [-0.1, -0.05) is 6.07 Å². The molecule has 0 aliphatic rings. The first-order chi connectivity index (χ1) is 19.0. The van der Waals surface area contributed by atoms with Crippen LogP contribution >= 0.6 is 0 Å². The predicted molar refractivity (Wildman–Crippen MR) is 156 cm³/mol. The molecule has 3 aromatic carbocycles. The van der Waals surface area contributed by atoms with Crippen LogP contribution in [0.2, 0.25) is 0 Å². The number of anilines is 1. The number of carbonyl (C=O) groups excluding carboxylic acids is 1. The molecule has 210 valence electrons. The number of nitrogens with zero attached hydrogens (tertiary/aromatic N) is 3. The molecule has 10 heteroatoms. The van der Waals surface area contributed by atoms with E-state index in [0.29, 0.717) is 11.4 Å². The number of methoxy groups -OCH3 is 2. The molecule has 9 nitrogen and oxygen atoms in total. The topological polar surface area (TPSA) is 103 Å². The van der Waals surface area contributed by atoms with Crippen LogP contribution in [0.25, 0.3) is 16.9 Å². The number of rotatable bonds is 10. The van der Waals surface area contributed by atoms with Gasteiger partial charge in [0, 0.05) is 23.5 Å². The third-order valence-corrected chi connectivity index (χ3v) is 8.69. The lowest BCUT2D eigenvalue weighted by molar-refractivity contribution is -0.116. The average Bonchev–Trinajstić information content (AvgIpc) is 3.36. The van der Waals surface area contributed by atoms with Gasteiger partial charge in [-0.2, -0.15) is 4.31 Å². The average molecular weight is 563 g/mol. The maximum absolute atomic E-state index is 13.4. The van der Waals surface area contributed by atoms with Crippen molar-refractivity contribution < 1.29 is 22.7 Å². The Balaban J connectivity index is 1.66. The summed E-state index contributed by atoms with van der Waals surface area (Å²) in [5.41, 5.74) is 4.52. The third-order valence-electron chi connectivity index (χ3n) is 6.65. The van der Waals surface area contributed by atoms with Crippen LogP contribution in [0, 0.1) is 13.8 Å². The van der Waals surface area contributed by atoms with Gasteiger partial charge in [0.05, 0.1) is 31.4 Å². The van der Waals surface area contributed by atoms with Crippen molar-refractivity contribution in [1.29, 1.82) is 0 Å². The number of amides is 1. The molecule has 1 aromatic heterocycles.